The Hall–Kier alpha value is -1.27. The van der Waals surface area contributed by atoms with E-state index in [1.165, 1.54) is 5.56 Å². The predicted octanol–water partition coefficient (Wildman–Crippen LogP) is 1.50. The van der Waals surface area contributed by atoms with Crippen molar-refractivity contribution in [3.63, 3.8) is 0 Å². The van der Waals surface area contributed by atoms with Gasteiger partial charge in [0.1, 0.15) is 5.01 Å². The zero-order valence-corrected chi connectivity index (χ0v) is 11.5. The van der Waals surface area contributed by atoms with Crippen LogP contribution in [0.15, 0.2) is 41.9 Å². The molecule has 2 rings (SSSR count). The van der Waals surface area contributed by atoms with Gasteiger partial charge in [-0.15, -0.1) is 11.3 Å². The van der Waals surface area contributed by atoms with Gasteiger partial charge in [-0.2, -0.15) is 0 Å². The van der Waals surface area contributed by atoms with Gasteiger partial charge in [0, 0.05) is 24.7 Å². The molecule has 1 atom stereocenters. The number of aromatic nitrogens is 1. The van der Waals surface area contributed by atoms with Crippen molar-refractivity contribution in [2.24, 2.45) is 0 Å². The molecule has 0 bridgehead atoms. The maximum atomic E-state index is 9.63. The Bertz CT molecular complexity index is 462. The van der Waals surface area contributed by atoms with Crippen LogP contribution in [0.2, 0.25) is 0 Å². The van der Waals surface area contributed by atoms with E-state index in [-0.39, 0.29) is 6.61 Å². The van der Waals surface area contributed by atoms with Gasteiger partial charge >= 0.3 is 0 Å². The molecule has 102 valence electrons. The van der Waals surface area contributed by atoms with Gasteiger partial charge < -0.3 is 10.2 Å². The molecule has 0 aliphatic heterocycles. The van der Waals surface area contributed by atoms with Crippen LogP contribution in [0.4, 0.5) is 0 Å². The second-order valence-electron chi connectivity index (χ2n) is 4.42. The Morgan fingerprint density at radius 1 is 1.21 bits per heavy atom. The number of aliphatic hydroxyl groups excluding tert-OH is 2. The Balaban J connectivity index is 2.01. The quantitative estimate of drug-likeness (QED) is 0.806. The van der Waals surface area contributed by atoms with E-state index in [0.29, 0.717) is 13.1 Å². The summed E-state index contributed by atoms with van der Waals surface area (Å²) in [5.41, 5.74) is 1.18. The smallest absolute Gasteiger partial charge is 0.107 e. The van der Waals surface area contributed by atoms with Crippen LogP contribution in [0.3, 0.4) is 0 Å². The van der Waals surface area contributed by atoms with Crippen LogP contribution in [0.1, 0.15) is 10.6 Å². The van der Waals surface area contributed by atoms with Crippen molar-refractivity contribution in [2.45, 2.75) is 19.2 Å². The fraction of sp³-hybridized carbons (Fsp3) is 0.357. The molecule has 19 heavy (non-hydrogen) atoms. The lowest BCUT2D eigenvalue weighted by Gasteiger charge is -2.23. The standard InChI is InChI=1S/C14H18N2O2S/c17-11-13(18)9-16(10-14-15-6-7-19-14)8-12-4-2-1-3-5-12/h1-7,13,17-18H,8-11H2/t13-/m0/s1. The molecule has 2 aromatic rings. The van der Waals surface area contributed by atoms with E-state index < -0.39 is 6.10 Å². The molecule has 1 heterocycles. The van der Waals surface area contributed by atoms with Crippen LogP contribution in [-0.2, 0) is 13.1 Å². The summed E-state index contributed by atoms with van der Waals surface area (Å²) in [6.07, 6.45) is 1.06. The number of nitrogens with zero attached hydrogens (tertiary/aromatic N) is 2. The molecule has 4 nitrogen and oxygen atoms in total. The Morgan fingerprint density at radius 3 is 2.63 bits per heavy atom. The molecule has 2 N–H and O–H groups in total. The van der Waals surface area contributed by atoms with E-state index in [0.717, 1.165) is 11.6 Å². The lowest BCUT2D eigenvalue weighted by atomic mass is 10.2. The van der Waals surface area contributed by atoms with E-state index >= 15 is 0 Å². The largest absolute Gasteiger partial charge is 0.394 e. The SMILES string of the molecule is OC[C@@H](O)CN(Cc1ccccc1)Cc1nccs1. The summed E-state index contributed by atoms with van der Waals surface area (Å²) >= 11 is 1.60. The summed E-state index contributed by atoms with van der Waals surface area (Å²) in [5.74, 6) is 0. The summed E-state index contributed by atoms with van der Waals surface area (Å²) in [4.78, 5) is 6.36. The average molecular weight is 278 g/mol. The summed E-state index contributed by atoms with van der Waals surface area (Å²) < 4.78 is 0. The number of aliphatic hydroxyl groups is 2. The van der Waals surface area contributed by atoms with Crippen LogP contribution in [0.25, 0.3) is 0 Å². The molecule has 0 aliphatic rings. The first-order chi connectivity index (χ1) is 9.28. The van der Waals surface area contributed by atoms with Crippen molar-refractivity contribution < 1.29 is 10.2 Å². The van der Waals surface area contributed by atoms with Crippen molar-refractivity contribution >= 4 is 11.3 Å². The van der Waals surface area contributed by atoms with Crippen molar-refractivity contribution in [1.82, 2.24) is 9.88 Å². The molecule has 0 fully saturated rings. The third kappa shape index (κ3) is 4.72. The number of benzene rings is 1. The molecule has 0 aliphatic carbocycles. The van der Waals surface area contributed by atoms with E-state index in [1.54, 1.807) is 17.5 Å². The lowest BCUT2D eigenvalue weighted by molar-refractivity contribution is 0.0542. The van der Waals surface area contributed by atoms with Crippen LogP contribution < -0.4 is 0 Å². The molecule has 0 amide bonds. The zero-order chi connectivity index (χ0) is 13.5. The highest BCUT2D eigenvalue weighted by molar-refractivity contribution is 7.09. The Morgan fingerprint density at radius 2 is 2.00 bits per heavy atom. The van der Waals surface area contributed by atoms with E-state index in [2.05, 4.69) is 22.0 Å². The number of thiazole rings is 1. The summed E-state index contributed by atoms with van der Waals surface area (Å²) in [6.45, 7) is 1.63. The topological polar surface area (TPSA) is 56.6 Å². The van der Waals surface area contributed by atoms with Crippen molar-refractivity contribution in [1.29, 1.82) is 0 Å². The third-order valence-electron chi connectivity index (χ3n) is 2.77. The van der Waals surface area contributed by atoms with Gasteiger partial charge in [-0.1, -0.05) is 30.3 Å². The molecular formula is C14H18N2O2S. The van der Waals surface area contributed by atoms with Gasteiger partial charge in [-0.05, 0) is 5.56 Å². The highest BCUT2D eigenvalue weighted by Gasteiger charge is 2.13. The molecule has 0 unspecified atom stereocenters. The minimum absolute atomic E-state index is 0.219. The van der Waals surface area contributed by atoms with Gasteiger partial charge in [-0.3, -0.25) is 4.90 Å². The van der Waals surface area contributed by atoms with Crippen molar-refractivity contribution in [3.8, 4) is 0 Å². The summed E-state index contributed by atoms with van der Waals surface area (Å²) in [5, 5.41) is 21.6. The first-order valence-corrected chi connectivity index (χ1v) is 7.09. The van der Waals surface area contributed by atoms with Gasteiger partial charge in [0.05, 0.1) is 19.3 Å². The average Bonchev–Trinajstić information content (AvgIpc) is 2.92. The van der Waals surface area contributed by atoms with Gasteiger partial charge in [0.2, 0.25) is 0 Å². The normalized spacial score (nSPS) is 12.8. The highest BCUT2D eigenvalue weighted by Crippen LogP contribution is 2.12. The summed E-state index contributed by atoms with van der Waals surface area (Å²) in [7, 11) is 0. The van der Waals surface area contributed by atoms with Crippen LogP contribution >= 0.6 is 11.3 Å². The Labute approximate surface area is 117 Å². The lowest BCUT2D eigenvalue weighted by Crippen LogP contribution is -2.33. The molecular weight excluding hydrogens is 260 g/mol. The first kappa shape index (κ1) is 14.1. The second kappa shape index (κ2) is 7.35. The van der Waals surface area contributed by atoms with E-state index in [4.69, 9.17) is 5.11 Å². The molecule has 0 saturated heterocycles. The highest BCUT2D eigenvalue weighted by atomic mass is 32.1. The van der Waals surface area contributed by atoms with Crippen LogP contribution in [-0.4, -0.2) is 39.4 Å². The monoisotopic (exact) mass is 278 g/mol. The maximum Gasteiger partial charge on any atom is 0.107 e. The maximum absolute atomic E-state index is 9.63. The van der Waals surface area contributed by atoms with Crippen LogP contribution in [0.5, 0.6) is 0 Å². The third-order valence-corrected chi connectivity index (χ3v) is 3.54. The molecule has 1 aromatic heterocycles. The first-order valence-electron chi connectivity index (χ1n) is 6.21. The number of hydrogen-bond acceptors (Lipinski definition) is 5. The van der Waals surface area contributed by atoms with E-state index in [1.807, 2.05) is 23.6 Å². The molecule has 0 radical (unpaired) electrons. The van der Waals surface area contributed by atoms with Crippen molar-refractivity contribution in [2.75, 3.05) is 13.2 Å². The zero-order valence-electron chi connectivity index (χ0n) is 10.6. The summed E-state index contributed by atoms with van der Waals surface area (Å²) in [6, 6.07) is 10.1. The number of rotatable bonds is 7. The fourth-order valence-electron chi connectivity index (χ4n) is 1.90. The molecule has 0 spiro atoms. The molecule has 5 heteroatoms. The predicted molar refractivity (Wildman–Crippen MR) is 75.8 cm³/mol. The minimum Gasteiger partial charge on any atom is -0.394 e. The number of hydrogen-bond donors (Lipinski definition) is 2. The van der Waals surface area contributed by atoms with Crippen molar-refractivity contribution in [3.05, 3.63) is 52.5 Å². The van der Waals surface area contributed by atoms with Gasteiger partial charge in [0.15, 0.2) is 0 Å². The van der Waals surface area contributed by atoms with Gasteiger partial charge in [-0.25, -0.2) is 4.98 Å². The Kier molecular flexibility index (Phi) is 5.47. The fourth-order valence-corrected chi connectivity index (χ4v) is 2.56. The minimum atomic E-state index is -0.719. The molecule has 0 saturated carbocycles. The van der Waals surface area contributed by atoms with E-state index in [9.17, 15) is 5.11 Å². The second-order valence-corrected chi connectivity index (χ2v) is 5.40. The molecule has 1 aromatic carbocycles. The van der Waals surface area contributed by atoms with Crippen LogP contribution in [0, 0.1) is 0 Å². The van der Waals surface area contributed by atoms with Gasteiger partial charge in [0.25, 0.3) is 0 Å².